The number of aromatic nitrogens is 2. The van der Waals surface area contributed by atoms with Crippen LogP contribution in [-0.4, -0.2) is 27.5 Å². The summed E-state index contributed by atoms with van der Waals surface area (Å²) in [5.74, 6) is -0.138. The molecular weight excluding hydrogens is 393 g/mol. The van der Waals surface area contributed by atoms with Crippen LogP contribution in [0.1, 0.15) is 21.6 Å². The van der Waals surface area contributed by atoms with Gasteiger partial charge in [0.25, 0.3) is 5.91 Å². The number of nitrogens with zero attached hydrogens (tertiary/aromatic N) is 2. The number of carbonyl (C=O) groups is 1. The maximum Gasteiger partial charge on any atom is 0.255 e. The molecule has 1 aliphatic heterocycles. The zero-order chi connectivity index (χ0) is 18.3. The Balaban J connectivity index is 1.66. The highest BCUT2D eigenvalue weighted by Gasteiger charge is 2.27. The number of amides is 1. The first-order chi connectivity index (χ1) is 12.5. The van der Waals surface area contributed by atoms with E-state index in [4.69, 9.17) is 34.8 Å². The number of nitrogens with one attached hydrogen (secondary N) is 1. The second-order valence-corrected chi connectivity index (χ2v) is 7.42. The molecule has 3 aromatic rings. The lowest BCUT2D eigenvalue weighted by molar-refractivity contribution is 0.0735. The number of halogens is 3. The summed E-state index contributed by atoms with van der Waals surface area (Å²) in [4.78, 5) is 14.7. The number of rotatable bonds is 2. The van der Waals surface area contributed by atoms with Gasteiger partial charge in [0.15, 0.2) is 0 Å². The highest BCUT2D eigenvalue weighted by molar-refractivity contribution is 6.35. The number of carbonyl (C=O) groups excluding carboxylic acids is 1. The fourth-order valence-electron chi connectivity index (χ4n) is 3.17. The normalized spacial score (nSPS) is 13.6. The van der Waals surface area contributed by atoms with Crippen LogP contribution in [-0.2, 0) is 13.0 Å². The number of aromatic amines is 1. The van der Waals surface area contributed by atoms with Gasteiger partial charge in [-0.3, -0.25) is 9.89 Å². The highest BCUT2D eigenvalue weighted by Crippen LogP contribution is 2.31. The molecule has 0 fully saturated rings. The minimum atomic E-state index is -0.138. The maximum atomic E-state index is 12.9. The van der Waals surface area contributed by atoms with Gasteiger partial charge in [0.05, 0.1) is 16.3 Å². The van der Waals surface area contributed by atoms with Crippen LogP contribution in [0.25, 0.3) is 11.3 Å². The minimum absolute atomic E-state index is 0.138. The lowest BCUT2D eigenvalue weighted by atomic mass is 10.0. The van der Waals surface area contributed by atoms with Crippen LogP contribution in [0.4, 0.5) is 0 Å². The minimum Gasteiger partial charge on any atom is -0.334 e. The summed E-state index contributed by atoms with van der Waals surface area (Å²) in [6, 6.07) is 12.4. The summed E-state index contributed by atoms with van der Waals surface area (Å²) < 4.78 is 0. The number of fused-ring (bicyclic) bond motifs is 1. The smallest absolute Gasteiger partial charge is 0.255 e. The van der Waals surface area contributed by atoms with Gasteiger partial charge in [0, 0.05) is 46.4 Å². The molecule has 0 aliphatic carbocycles. The fourth-order valence-corrected chi connectivity index (χ4v) is 3.74. The summed E-state index contributed by atoms with van der Waals surface area (Å²) in [6.07, 6.45) is 0.701. The van der Waals surface area contributed by atoms with E-state index >= 15 is 0 Å². The van der Waals surface area contributed by atoms with Crippen molar-refractivity contribution in [2.75, 3.05) is 6.54 Å². The van der Waals surface area contributed by atoms with Gasteiger partial charge in [0.2, 0.25) is 0 Å². The molecule has 26 heavy (non-hydrogen) atoms. The summed E-state index contributed by atoms with van der Waals surface area (Å²) in [6.45, 7) is 1.04. The molecule has 2 heterocycles. The topological polar surface area (TPSA) is 49.0 Å². The largest absolute Gasteiger partial charge is 0.334 e. The van der Waals surface area contributed by atoms with Crippen molar-refractivity contribution >= 4 is 40.7 Å². The van der Waals surface area contributed by atoms with E-state index < -0.39 is 0 Å². The number of H-pyrrole nitrogens is 1. The van der Waals surface area contributed by atoms with Crippen LogP contribution in [0.5, 0.6) is 0 Å². The molecule has 1 amide bonds. The van der Waals surface area contributed by atoms with Crippen molar-refractivity contribution in [3.8, 4) is 11.3 Å². The Kier molecular flexibility index (Phi) is 4.65. The molecule has 0 atom stereocenters. The van der Waals surface area contributed by atoms with Crippen molar-refractivity contribution in [1.29, 1.82) is 0 Å². The lowest BCUT2D eigenvalue weighted by Crippen LogP contribution is -2.36. The first-order valence-corrected chi connectivity index (χ1v) is 9.22. The van der Waals surface area contributed by atoms with E-state index in [-0.39, 0.29) is 5.91 Å². The Morgan fingerprint density at radius 1 is 1.08 bits per heavy atom. The van der Waals surface area contributed by atoms with Crippen molar-refractivity contribution in [2.24, 2.45) is 0 Å². The van der Waals surface area contributed by atoms with Gasteiger partial charge in [-0.25, -0.2) is 0 Å². The van der Waals surface area contributed by atoms with Crippen molar-refractivity contribution in [2.45, 2.75) is 13.0 Å². The molecule has 4 rings (SSSR count). The Bertz CT molecular complexity index is 999. The molecule has 0 radical (unpaired) electrons. The summed E-state index contributed by atoms with van der Waals surface area (Å²) >= 11 is 18.3. The van der Waals surface area contributed by atoms with Gasteiger partial charge >= 0.3 is 0 Å². The zero-order valence-corrected chi connectivity index (χ0v) is 15.9. The third-order valence-corrected chi connectivity index (χ3v) is 5.28. The van der Waals surface area contributed by atoms with Crippen LogP contribution in [0.15, 0.2) is 42.5 Å². The van der Waals surface area contributed by atoms with Gasteiger partial charge in [-0.05, 0) is 30.3 Å². The van der Waals surface area contributed by atoms with E-state index in [0.717, 1.165) is 22.5 Å². The average molecular weight is 407 g/mol. The van der Waals surface area contributed by atoms with E-state index in [2.05, 4.69) is 10.2 Å². The molecular formula is C19H14Cl3N3O. The van der Waals surface area contributed by atoms with Gasteiger partial charge < -0.3 is 4.90 Å². The first kappa shape index (κ1) is 17.4. The maximum absolute atomic E-state index is 12.9. The number of hydrogen-bond acceptors (Lipinski definition) is 2. The molecule has 4 nitrogen and oxygen atoms in total. The van der Waals surface area contributed by atoms with Crippen LogP contribution in [0.3, 0.4) is 0 Å². The Morgan fingerprint density at radius 2 is 1.88 bits per heavy atom. The summed E-state index contributed by atoms with van der Waals surface area (Å²) in [5, 5.41) is 9.05. The standard InChI is InChI=1S/C19H14Cl3N3O/c20-12-3-1-2-11(8-12)18-15-10-25(7-6-17(15)23-24-18)19(26)14-9-13(21)4-5-16(14)22/h1-5,8-9H,6-7,10H2,(H,23,24). The third-order valence-electron chi connectivity index (χ3n) is 4.48. The number of hydrogen-bond donors (Lipinski definition) is 1. The molecule has 0 saturated heterocycles. The van der Waals surface area contributed by atoms with Crippen molar-refractivity contribution < 1.29 is 4.79 Å². The van der Waals surface area contributed by atoms with Crippen LogP contribution >= 0.6 is 34.8 Å². The van der Waals surface area contributed by atoms with Gasteiger partial charge in [-0.15, -0.1) is 0 Å². The van der Waals surface area contributed by atoms with Gasteiger partial charge in [-0.1, -0.05) is 46.9 Å². The van der Waals surface area contributed by atoms with Crippen molar-refractivity contribution in [3.63, 3.8) is 0 Å². The molecule has 1 aromatic heterocycles. The quantitative estimate of drug-likeness (QED) is 0.633. The van der Waals surface area contributed by atoms with E-state index in [1.54, 1.807) is 23.1 Å². The predicted molar refractivity (Wildman–Crippen MR) is 104 cm³/mol. The Hall–Kier alpha value is -2.01. The molecule has 7 heteroatoms. The van der Waals surface area contributed by atoms with Gasteiger partial charge in [-0.2, -0.15) is 5.10 Å². The van der Waals surface area contributed by atoms with E-state index in [0.29, 0.717) is 40.1 Å². The summed E-state index contributed by atoms with van der Waals surface area (Å²) in [5.41, 5.74) is 4.20. The zero-order valence-electron chi connectivity index (χ0n) is 13.6. The lowest BCUT2D eigenvalue weighted by Gasteiger charge is -2.27. The average Bonchev–Trinajstić information content (AvgIpc) is 3.06. The van der Waals surface area contributed by atoms with E-state index in [1.807, 2.05) is 24.3 Å². The molecule has 132 valence electrons. The molecule has 1 N–H and O–H groups in total. The fraction of sp³-hybridized carbons (Fsp3) is 0.158. The molecule has 0 saturated carbocycles. The second kappa shape index (κ2) is 6.95. The molecule has 0 unspecified atom stereocenters. The van der Waals surface area contributed by atoms with Crippen molar-refractivity contribution in [1.82, 2.24) is 15.1 Å². The Morgan fingerprint density at radius 3 is 2.69 bits per heavy atom. The molecule has 0 bridgehead atoms. The van der Waals surface area contributed by atoms with Gasteiger partial charge in [0.1, 0.15) is 0 Å². The molecule has 2 aromatic carbocycles. The SMILES string of the molecule is O=C(c1cc(Cl)ccc1Cl)N1CCc2[nH]nc(-c3cccc(Cl)c3)c2C1. The summed E-state index contributed by atoms with van der Waals surface area (Å²) in [7, 11) is 0. The van der Waals surface area contributed by atoms with Crippen LogP contribution in [0.2, 0.25) is 15.1 Å². The second-order valence-electron chi connectivity index (χ2n) is 6.14. The monoisotopic (exact) mass is 405 g/mol. The predicted octanol–water partition coefficient (Wildman–Crippen LogP) is 5.24. The number of benzene rings is 2. The van der Waals surface area contributed by atoms with Crippen LogP contribution in [0, 0.1) is 0 Å². The molecule has 0 spiro atoms. The highest BCUT2D eigenvalue weighted by atomic mass is 35.5. The van der Waals surface area contributed by atoms with E-state index in [1.165, 1.54) is 0 Å². The Labute approximate surface area is 165 Å². The first-order valence-electron chi connectivity index (χ1n) is 8.09. The van der Waals surface area contributed by atoms with E-state index in [9.17, 15) is 4.79 Å². The molecule has 1 aliphatic rings. The van der Waals surface area contributed by atoms with Crippen molar-refractivity contribution in [3.05, 3.63) is 74.4 Å². The van der Waals surface area contributed by atoms with Crippen LogP contribution < -0.4 is 0 Å². The third kappa shape index (κ3) is 3.20.